The number of carbonyl (C=O) groups is 2. The van der Waals surface area contributed by atoms with Gasteiger partial charge in [-0.2, -0.15) is 0 Å². The van der Waals surface area contributed by atoms with Gasteiger partial charge in [-0.25, -0.2) is 0 Å². The zero-order chi connectivity index (χ0) is 35.0. The first-order valence-electron chi connectivity index (χ1n) is 16.3. The van der Waals surface area contributed by atoms with Gasteiger partial charge in [-0.3, -0.25) is 19.6 Å². The second kappa shape index (κ2) is 16.7. The topological polar surface area (TPSA) is 99.3 Å². The Morgan fingerprint density at radius 2 is 0.824 bits per heavy atom. The van der Waals surface area contributed by atoms with Gasteiger partial charge in [0.25, 0.3) is 0 Å². The van der Waals surface area contributed by atoms with Gasteiger partial charge in [0.05, 0.1) is 11.1 Å². The molecule has 2 N–H and O–H groups in total. The summed E-state index contributed by atoms with van der Waals surface area (Å²) in [7, 11) is 0. The van der Waals surface area contributed by atoms with Crippen molar-refractivity contribution in [1.82, 2.24) is 0 Å². The number of aliphatic hydroxyl groups is 2. The fourth-order valence-electron chi connectivity index (χ4n) is 5.91. The van der Waals surface area contributed by atoms with Crippen LogP contribution in [0.1, 0.15) is 57.8 Å². The summed E-state index contributed by atoms with van der Waals surface area (Å²) in [6.45, 7) is 2.92. The van der Waals surface area contributed by atoms with Crippen LogP contribution in [-0.2, 0) is 16.8 Å². The molecule has 6 nitrogen and oxygen atoms in total. The van der Waals surface area contributed by atoms with Crippen molar-refractivity contribution in [3.63, 3.8) is 0 Å². The molecule has 0 aromatic heterocycles. The zero-order valence-electron chi connectivity index (χ0n) is 28.1. The molecule has 255 valence electrons. The van der Waals surface area contributed by atoms with Crippen molar-refractivity contribution in [2.45, 2.75) is 25.9 Å². The monoisotopic (exact) mass is 715 g/mol. The van der Waals surface area contributed by atoms with Crippen molar-refractivity contribution in [2.24, 2.45) is 9.98 Å². The van der Waals surface area contributed by atoms with Crippen LogP contribution in [0, 0.1) is 0 Å². The molecule has 0 aliphatic heterocycles. The summed E-state index contributed by atoms with van der Waals surface area (Å²) in [5.41, 5.74) is 2.55. The Hall–Kier alpha value is -5.89. The third-order valence-corrected chi connectivity index (χ3v) is 8.60. The molecule has 7 heteroatoms. The number of aliphatic imine (C=N–C) groups is 2. The Kier molecular flexibility index (Phi) is 11.9. The van der Waals surface area contributed by atoms with E-state index in [-0.39, 0.29) is 51.0 Å². The van der Waals surface area contributed by atoms with Crippen LogP contribution >= 0.6 is 0 Å². The smallest absolute Gasteiger partial charge is 0.197 e. The number of fused-ring (bicyclic) bond motifs is 2. The molecule has 6 aromatic carbocycles. The number of hydrogen-bond acceptors (Lipinski definition) is 6. The summed E-state index contributed by atoms with van der Waals surface area (Å²) in [5, 5.41) is 25.3. The van der Waals surface area contributed by atoms with Crippen LogP contribution in [0.15, 0.2) is 178 Å². The Morgan fingerprint density at radius 3 is 1.18 bits per heavy atom. The fraction of sp³-hybridized carbons (Fsp3) is 0.0909. The number of Topliss-reactive ketones (excluding diaryl/α,β-unsaturated/α-hetero) is 2. The van der Waals surface area contributed by atoms with Crippen molar-refractivity contribution >= 4 is 45.5 Å². The first-order chi connectivity index (χ1) is 24.3. The van der Waals surface area contributed by atoms with E-state index in [4.69, 9.17) is 9.98 Å². The van der Waals surface area contributed by atoms with Crippen molar-refractivity contribution < 1.29 is 36.6 Å². The maximum Gasteiger partial charge on any atom is 0.197 e. The molecule has 51 heavy (non-hydrogen) atoms. The van der Waals surface area contributed by atoms with E-state index in [2.05, 4.69) is 0 Å². The number of rotatable bonds is 11. The third-order valence-electron chi connectivity index (χ3n) is 8.60. The number of carbonyl (C=O) groups excluding carboxylic acids is 2. The first kappa shape index (κ1) is 36.4. The predicted molar refractivity (Wildman–Crippen MR) is 203 cm³/mol. The number of ketones is 2. The van der Waals surface area contributed by atoms with E-state index in [0.717, 1.165) is 32.7 Å². The van der Waals surface area contributed by atoms with Gasteiger partial charge in [0.2, 0.25) is 0 Å². The molecular weight excluding hydrogens is 679 g/mol. The summed E-state index contributed by atoms with van der Waals surface area (Å²) >= 11 is 0. The molecule has 0 heterocycles. The minimum atomic E-state index is -0.676. The van der Waals surface area contributed by atoms with Crippen molar-refractivity contribution in [3.05, 3.63) is 191 Å². The Bertz CT molecular complexity index is 2140. The standard InChI is InChI=1S/C44H36N2O4.Co/c1-29(47)39(43(49)37-23-21-31-13-9-11-19-35(31)25-37)27-45-41(33-15-5-3-6-16-33)42(34-17-7-4-8-18-34)46-28-40(30(2)48)44(50)38-24-22-32-14-10-12-20-36(32)26-38;/h3-28,41-42,47-48H,1-2H3;/b39-29+,40-30+,45-27?,46-28?;/t41-,42-;/m0./s1. The number of allylic oxidation sites excluding steroid dienone is 4. The quantitative estimate of drug-likeness (QED) is 0.0604. The summed E-state index contributed by atoms with van der Waals surface area (Å²) in [4.78, 5) is 37.4. The van der Waals surface area contributed by atoms with Gasteiger partial charge in [0.1, 0.15) is 23.6 Å². The average Bonchev–Trinajstić information content (AvgIpc) is 3.15. The van der Waals surface area contributed by atoms with E-state index in [1.54, 1.807) is 24.3 Å². The predicted octanol–water partition coefficient (Wildman–Crippen LogP) is 10.3. The maximum atomic E-state index is 13.8. The van der Waals surface area contributed by atoms with E-state index in [0.29, 0.717) is 11.1 Å². The molecule has 0 unspecified atom stereocenters. The van der Waals surface area contributed by atoms with Crippen LogP contribution in [-0.4, -0.2) is 34.2 Å². The first-order valence-corrected chi connectivity index (χ1v) is 16.3. The average molecular weight is 716 g/mol. The molecular formula is C44H36CoN2O4. The van der Waals surface area contributed by atoms with Gasteiger partial charge < -0.3 is 10.2 Å². The van der Waals surface area contributed by atoms with Crippen LogP contribution in [0.5, 0.6) is 0 Å². The molecule has 0 amide bonds. The summed E-state index contributed by atoms with van der Waals surface area (Å²) in [6, 6.07) is 44.1. The van der Waals surface area contributed by atoms with E-state index in [9.17, 15) is 19.8 Å². The van der Waals surface area contributed by atoms with Crippen LogP contribution < -0.4 is 0 Å². The van der Waals surface area contributed by atoms with E-state index < -0.39 is 12.1 Å². The number of benzene rings is 6. The van der Waals surface area contributed by atoms with E-state index in [1.165, 1.54) is 26.3 Å². The molecule has 0 aliphatic carbocycles. The Balaban J connectivity index is 0.00000504. The minimum absolute atomic E-state index is 0. The molecule has 0 spiro atoms. The molecule has 0 fully saturated rings. The van der Waals surface area contributed by atoms with Gasteiger partial charge >= 0.3 is 0 Å². The molecule has 0 saturated carbocycles. The van der Waals surface area contributed by atoms with E-state index in [1.807, 2.05) is 121 Å². The summed E-state index contributed by atoms with van der Waals surface area (Å²) in [6.07, 6.45) is 2.81. The second-order valence-electron chi connectivity index (χ2n) is 12.0. The third kappa shape index (κ3) is 8.47. The van der Waals surface area contributed by atoms with Gasteiger partial charge in [-0.15, -0.1) is 0 Å². The number of nitrogens with zero attached hydrogens (tertiary/aromatic N) is 2. The molecule has 0 aliphatic rings. The zero-order valence-corrected chi connectivity index (χ0v) is 29.1. The summed E-state index contributed by atoms with van der Waals surface area (Å²) in [5.74, 6) is -1.07. The van der Waals surface area contributed by atoms with E-state index >= 15 is 0 Å². The molecule has 1 radical (unpaired) electrons. The molecule has 2 atom stereocenters. The van der Waals surface area contributed by atoms with Gasteiger partial charge in [0.15, 0.2) is 11.6 Å². The van der Waals surface area contributed by atoms with Crippen molar-refractivity contribution in [3.8, 4) is 0 Å². The normalized spacial score (nSPS) is 13.8. The van der Waals surface area contributed by atoms with Crippen LogP contribution in [0.4, 0.5) is 0 Å². The Labute approximate surface area is 307 Å². The van der Waals surface area contributed by atoms with Gasteiger partial charge in [-0.1, -0.05) is 133 Å². The maximum absolute atomic E-state index is 13.8. The molecule has 0 bridgehead atoms. The van der Waals surface area contributed by atoms with Crippen LogP contribution in [0.2, 0.25) is 0 Å². The minimum Gasteiger partial charge on any atom is -0.512 e. The van der Waals surface area contributed by atoms with Crippen molar-refractivity contribution in [2.75, 3.05) is 0 Å². The van der Waals surface area contributed by atoms with Crippen molar-refractivity contribution in [1.29, 1.82) is 0 Å². The fourth-order valence-corrected chi connectivity index (χ4v) is 5.91. The molecule has 0 saturated heterocycles. The summed E-state index contributed by atoms with van der Waals surface area (Å²) < 4.78 is 0. The second-order valence-corrected chi connectivity index (χ2v) is 12.0. The molecule has 6 aromatic rings. The Morgan fingerprint density at radius 1 is 0.490 bits per heavy atom. The SMILES string of the molecule is C/C(O)=C(/C=N[C@@H](c1ccccc1)[C@@H](N=C/C(C(=O)c1ccc2ccccc2c1)=C(/C)O)c1ccccc1)C(=O)c1ccc2ccccc2c1.[Co]. The van der Waals surface area contributed by atoms with Gasteiger partial charge in [0, 0.05) is 40.3 Å². The number of hydrogen-bond donors (Lipinski definition) is 2. The number of aliphatic hydroxyl groups excluding tert-OH is 2. The van der Waals surface area contributed by atoms with Crippen LogP contribution in [0.25, 0.3) is 21.5 Å². The van der Waals surface area contributed by atoms with Gasteiger partial charge in [-0.05, 0) is 58.7 Å². The van der Waals surface area contributed by atoms with Crippen LogP contribution in [0.3, 0.4) is 0 Å². The largest absolute Gasteiger partial charge is 0.512 e. The molecule has 6 rings (SSSR count).